The zero-order chi connectivity index (χ0) is 15.9. The molecule has 0 aliphatic carbocycles. The summed E-state index contributed by atoms with van der Waals surface area (Å²) in [6, 6.07) is 10.3. The molecule has 2 rings (SSSR count). The number of anilines is 1. The van der Waals surface area contributed by atoms with Gasteiger partial charge in [0.25, 0.3) is 5.91 Å². The molecule has 0 atom stereocenters. The fourth-order valence-electron chi connectivity index (χ4n) is 1.84. The van der Waals surface area contributed by atoms with Crippen LogP contribution in [0.1, 0.15) is 12.5 Å². The Morgan fingerprint density at radius 2 is 2.18 bits per heavy atom. The van der Waals surface area contributed by atoms with Crippen LogP contribution in [0, 0.1) is 10.1 Å². The number of carbonyl (C=O) groups excluding carboxylic acids is 1. The number of aryl methyl sites for hydroxylation is 1. The van der Waals surface area contributed by atoms with Crippen LogP contribution < -0.4 is 10.1 Å². The average Bonchev–Trinajstić information content (AvgIpc) is 2.53. The number of aromatic nitrogens is 1. The first-order chi connectivity index (χ1) is 10.6. The van der Waals surface area contributed by atoms with E-state index in [0.717, 1.165) is 12.0 Å². The van der Waals surface area contributed by atoms with Gasteiger partial charge >= 0.3 is 5.82 Å². The van der Waals surface area contributed by atoms with Gasteiger partial charge in [0.15, 0.2) is 6.61 Å². The molecule has 0 aliphatic heterocycles. The van der Waals surface area contributed by atoms with Gasteiger partial charge in [-0.3, -0.25) is 4.79 Å². The zero-order valence-corrected chi connectivity index (χ0v) is 12.0. The summed E-state index contributed by atoms with van der Waals surface area (Å²) >= 11 is 0. The summed E-state index contributed by atoms with van der Waals surface area (Å²) < 4.78 is 5.17. The molecule has 1 amide bonds. The summed E-state index contributed by atoms with van der Waals surface area (Å²) in [5.74, 6) is -0.848. The first-order valence-electron chi connectivity index (χ1n) is 6.71. The fraction of sp³-hybridized carbons (Fsp3) is 0.200. The van der Waals surface area contributed by atoms with Gasteiger partial charge in [-0.2, -0.15) is 0 Å². The van der Waals surface area contributed by atoms with Gasteiger partial charge in [-0.15, -0.1) is 0 Å². The van der Waals surface area contributed by atoms with Crippen LogP contribution >= 0.6 is 0 Å². The molecule has 7 nitrogen and oxygen atoms in total. The summed E-state index contributed by atoms with van der Waals surface area (Å²) in [5.41, 5.74) is 1.76. The average molecular weight is 301 g/mol. The lowest BCUT2D eigenvalue weighted by molar-refractivity contribution is -0.390. The number of carbonyl (C=O) groups is 1. The van der Waals surface area contributed by atoms with Crippen LogP contribution in [0.15, 0.2) is 42.6 Å². The van der Waals surface area contributed by atoms with Crippen LogP contribution in [-0.4, -0.2) is 22.4 Å². The van der Waals surface area contributed by atoms with E-state index in [1.54, 1.807) is 6.07 Å². The molecule has 1 aromatic carbocycles. The molecule has 1 N–H and O–H groups in total. The number of ether oxygens (including phenoxy) is 1. The Morgan fingerprint density at radius 1 is 1.36 bits per heavy atom. The second-order valence-corrected chi connectivity index (χ2v) is 4.47. The normalized spacial score (nSPS) is 10.0. The monoisotopic (exact) mass is 301 g/mol. The zero-order valence-electron chi connectivity index (χ0n) is 12.0. The number of nitrogens with zero attached hydrogens (tertiary/aromatic N) is 2. The van der Waals surface area contributed by atoms with E-state index in [9.17, 15) is 14.9 Å². The highest BCUT2D eigenvalue weighted by Crippen LogP contribution is 2.22. The predicted octanol–water partition coefficient (Wildman–Crippen LogP) is 2.57. The van der Waals surface area contributed by atoms with Crippen LogP contribution in [0.5, 0.6) is 5.75 Å². The molecule has 0 unspecified atom stereocenters. The maximum atomic E-state index is 11.8. The van der Waals surface area contributed by atoms with Gasteiger partial charge in [-0.25, -0.2) is 0 Å². The van der Waals surface area contributed by atoms with E-state index in [1.807, 2.05) is 25.1 Å². The first-order valence-corrected chi connectivity index (χ1v) is 6.71. The van der Waals surface area contributed by atoms with Crippen molar-refractivity contribution in [2.45, 2.75) is 13.3 Å². The van der Waals surface area contributed by atoms with Crippen molar-refractivity contribution < 1.29 is 14.5 Å². The van der Waals surface area contributed by atoms with Gasteiger partial charge in [-0.1, -0.05) is 19.1 Å². The number of nitrogens with one attached hydrogen (secondary N) is 1. The van der Waals surface area contributed by atoms with Crippen molar-refractivity contribution in [1.82, 2.24) is 4.98 Å². The van der Waals surface area contributed by atoms with E-state index in [2.05, 4.69) is 10.3 Å². The Labute approximate surface area is 127 Å². The summed E-state index contributed by atoms with van der Waals surface area (Å²) in [6.07, 6.45) is 2.16. The lowest BCUT2D eigenvalue weighted by Gasteiger charge is -2.08. The Kier molecular flexibility index (Phi) is 5.02. The highest BCUT2D eigenvalue weighted by Gasteiger charge is 2.16. The summed E-state index contributed by atoms with van der Waals surface area (Å²) in [4.78, 5) is 25.6. The molecule has 0 radical (unpaired) electrons. The van der Waals surface area contributed by atoms with E-state index >= 15 is 0 Å². The molecule has 0 saturated carbocycles. The standard InChI is InChI=1S/C15H15N3O4/c1-2-11-5-3-6-12(9-11)17-14(19)10-22-13-7-4-8-16-15(13)18(20)21/h3-9H,2,10H2,1H3,(H,17,19). The van der Waals surface area contributed by atoms with Gasteiger partial charge < -0.3 is 20.2 Å². The first kappa shape index (κ1) is 15.4. The molecule has 0 saturated heterocycles. The Morgan fingerprint density at radius 3 is 2.91 bits per heavy atom. The van der Waals surface area contributed by atoms with E-state index < -0.39 is 16.6 Å². The molecular weight excluding hydrogens is 286 g/mol. The SMILES string of the molecule is CCc1cccc(NC(=O)COc2cccnc2[N+](=O)[O-])c1. The van der Waals surface area contributed by atoms with E-state index in [4.69, 9.17) is 4.74 Å². The van der Waals surface area contributed by atoms with Gasteiger partial charge in [0.05, 0.1) is 0 Å². The van der Waals surface area contributed by atoms with Crippen molar-refractivity contribution in [3.8, 4) is 5.75 Å². The maximum absolute atomic E-state index is 11.8. The molecule has 0 fully saturated rings. The molecule has 1 aromatic heterocycles. The van der Waals surface area contributed by atoms with Crippen LogP contribution in [0.4, 0.5) is 11.5 Å². The molecule has 2 aromatic rings. The second-order valence-electron chi connectivity index (χ2n) is 4.47. The summed E-state index contributed by atoms with van der Waals surface area (Å²) in [5, 5.41) is 13.5. The Balaban J connectivity index is 1.97. The largest absolute Gasteiger partial charge is 0.476 e. The van der Waals surface area contributed by atoms with Crippen LogP contribution in [-0.2, 0) is 11.2 Å². The quantitative estimate of drug-likeness (QED) is 0.653. The minimum atomic E-state index is -0.655. The predicted molar refractivity (Wildman–Crippen MR) is 80.8 cm³/mol. The summed E-state index contributed by atoms with van der Waals surface area (Å²) in [6.45, 7) is 1.69. The molecule has 114 valence electrons. The van der Waals surface area contributed by atoms with Crippen molar-refractivity contribution in [3.05, 3.63) is 58.3 Å². The van der Waals surface area contributed by atoms with Crippen LogP contribution in [0.25, 0.3) is 0 Å². The third-order valence-corrected chi connectivity index (χ3v) is 2.90. The second kappa shape index (κ2) is 7.16. The molecule has 0 aliphatic rings. The number of benzene rings is 1. The third kappa shape index (κ3) is 4.02. The molecule has 22 heavy (non-hydrogen) atoms. The number of amides is 1. The van der Waals surface area contributed by atoms with Crippen molar-refractivity contribution in [1.29, 1.82) is 0 Å². The van der Waals surface area contributed by atoms with Crippen molar-refractivity contribution in [2.75, 3.05) is 11.9 Å². The lowest BCUT2D eigenvalue weighted by atomic mass is 10.1. The van der Waals surface area contributed by atoms with Gasteiger partial charge in [0.1, 0.15) is 6.20 Å². The molecule has 0 bridgehead atoms. The maximum Gasteiger partial charge on any atom is 0.406 e. The van der Waals surface area contributed by atoms with Crippen LogP contribution in [0.2, 0.25) is 0 Å². The fourth-order valence-corrected chi connectivity index (χ4v) is 1.84. The van der Waals surface area contributed by atoms with Crippen molar-refractivity contribution >= 4 is 17.4 Å². The topological polar surface area (TPSA) is 94.4 Å². The number of hydrogen-bond donors (Lipinski definition) is 1. The minimum Gasteiger partial charge on any atom is -0.476 e. The smallest absolute Gasteiger partial charge is 0.406 e. The Hall–Kier alpha value is -2.96. The summed E-state index contributed by atoms with van der Waals surface area (Å²) in [7, 11) is 0. The molecular formula is C15H15N3O4. The number of pyridine rings is 1. The number of nitro groups is 1. The van der Waals surface area contributed by atoms with E-state index in [-0.39, 0.29) is 12.4 Å². The van der Waals surface area contributed by atoms with Gasteiger partial charge in [-0.05, 0) is 46.2 Å². The molecule has 7 heteroatoms. The van der Waals surface area contributed by atoms with Crippen molar-refractivity contribution in [2.24, 2.45) is 0 Å². The van der Waals surface area contributed by atoms with E-state index in [0.29, 0.717) is 5.69 Å². The lowest BCUT2D eigenvalue weighted by Crippen LogP contribution is -2.20. The van der Waals surface area contributed by atoms with Gasteiger partial charge in [0, 0.05) is 5.69 Å². The number of hydrogen-bond acceptors (Lipinski definition) is 5. The minimum absolute atomic E-state index is 0.0371. The molecule has 0 spiro atoms. The highest BCUT2D eigenvalue weighted by atomic mass is 16.6. The van der Waals surface area contributed by atoms with Gasteiger partial charge in [0.2, 0.25) is 5.75 Å². The molecule has 1 heterocycles. The highest BCUT2D eigenvalue weighted by molar-refractivity contribution is 5.91. The van der Waals surface area contributed by atoms with E-state index in [1.165, 1.54) is 18.3 Å². The van der Waals surface area contributed by atoms with Crippen molar-refractivity contribution in [3.63, 3.8) is 0 Å². The third-order valence-electron chi connectivity index (χ3n) is 2.90. The Bertz CT molecular complexity index is 688. The van der Waals surface area contributed by atoms with Crippen LogP contribution in [0.3, 0.4) is 0 Å². The number of rotatable bonds is 6.